The Morgan fingerprint density at radius 3 is 2.43 bits per heavy atom. The standard InChI is InChI=1S/C19H26O2/c20-17(19(11-12-19)16-6-2-1-3-7-16)15-8-13-21-18(14-15)9-4-5-10-18/h1-3,6-7,15,17,20H,4-5,8-14H2. The highest BCUT2D eigenvalue weighted by atomic mass is 16.5. The van der Waals surface area contributed by atoms with Crippen LogP contribution in [0.25, 0.3) is 0 Å². The molecule has 3 aliphatic rings. The third kappa shape index (κ3) is 2.33. The van der Waals surface area contributed by atoms with E-state index in [0.717, 1.165) is 32.3 Å². The van der Waals surface area contributed by atoms with Crippen molar-refractivity contribution in [3.05, 3.63) is 35.9 Å². The summed E-state index contributed by atoms with van der Waals surface area (Å²) in [6.45, 7) is 0.840. The first-order valence-corrected chi connectivity index (χ1v) is 8.62. The van der Waals surface area contributed by atoms with Gasteiger partial charge >= 0.3 is 0 Å². The fraction of sp³-hybridized carbons (Fsp3) is 0.684. The van der Waals surface area contributed by atoms with Crippen LogP contribution in [-0.4, -0.2) is 23.4 Å². The molecule has 2 saturated carbocycles. The zero-order chi connectivity index (χ0) is 14.3. The Morgan fingerprint density at radius 2 is 1.76 bits per heavy atom. The SMILES string of the molecule is OC(C1CCOC2(CCCC2)C1)C1(c2ccccc2)CC1. The van der Waals surface area contributed by atoms with E-state index in [-0.39, 0.29) is 17.1 Å². The van der Waals surface area contributed by atoms with E-state index >= 15 is 0 Å². The molecule has 4 rings (SSSR count). The fourth-order valence-electron chi connectivity index (χ4n) is 4.81. The van der Waals surface area contributed by atoms with Crippen LogP contribution in [0.2, 0.25) is 0 Å². The molecular formula is C19H26O2. The lowest BCUT2D eigenvalue weighted by atomic mass is 9.75. The molecule has 1 spiro atoms. The smallest absolute Gasteiger partial charge is 0.0686 e. The predicted molar refractivity (Wildman–Crippen MR) is 83.2 cm³/mol. The molecule has 21 heavy (non-hydrogen) atoms. The molecule has 0 amide bonds. The Balaban J connectivity index is 1.53. The van der Waals surface area contributed by atoms with Crippen LogP contribution in [0, 0.1) is 5.92 Å². The molecular weight excluding hydrogens is 260 g/mol. The second-order valence-corrected chi connectivity index (χ2v) is 7.46. The Labute approximate surface area is 127 Å². The molecule has 1 aromatic rings. The van der Waals surface area contributed by atoms with Crippen LogP contribution in [-0.2, 0) is 10.2 Å². The lowest BCUT2D eigenvalue weighted by Crippen LogP contribution is -2.44. The molecule has 2 unspecified atom stereocenters. The Hall–Kier alpha value is -0.860. The molecule has 0 aromatic heterocycles. The Morgan fingerprint density at radius 1 is 1.05 bits per heavy atom. The highest BCUT2D eigenvalue weighted by molar-refractivity contribution is 5.33. The number of hydrogen-bond acceptors (Lipinski definition) is 2. The molecule has 2 nitrogen and oxygen atoms in total. The molecule has 114 valence electrons. The van der Waals surface area contributed by atoms with Gasteiger partial charge in [0.05, 0.1) is 11.7 Å². The number of ether oxygens (including phenoxy) is 1. The number of hydrogen-bond donors (Lipinski definition) is 1. The van der Waals surface area contributed by atoms with Crippen LogP contribution in [0.1, 0.15) is 56.9 Å². The van der Waals surface area contributed by atoms with Crippen molar-refractivity contribution in [1.82, 2.24) is 0 Å². The molecule has 0 radical (unpaired) electrons. The van der Waals surface area contributed by atoms with Crippen LogP contribution >= 0.6 is 0 Å². The maximum atomic E-state index is 11.1. The van der Waals surface area contributed by atoms with Crippen LogP contribution in [0.4, 0.5) is 0 Å². The van der Waals surface area contributed by atoms with Gasteiger partial charge in [0, 0.05) is 12.0 Å². The summed E-state index contributed by atoms with van der Waals surface area (Å²) in [6, 6.07) is 10.7. The Kier molecular flexibility index (Phi) is 3.35. The van der Waals surface area contributed by atoms with Crippen molar-refractivity contribution >= 4 is 0 Å². The van der Waals surface area contributed by atoms with Gasteiger partial charge in [-0.2, -0.15) is 0 Å². The maximum absolute atomic E-state index is 11.1. The average Bonchev–Trinajstić information content (AvgIpc) is 3.24. The first-order valence-electron chi connectivity index (χ1n) is 8.62. The van der Waals surface area contributed by atoms with E-state index < -0.39 is 0 Å². The van der Waals surface area contributed by atoms with Crippen LogP contribution < -0.4 is 0 Å². The predicted octanol–water partition coefficient (Wildman–Crippen LogP) is 3.82. The first-order chi connectivity index (χ1) is 10.2. The van der Waals surface area contributed by atoms with Crippen molar-refractivity contribution in [3.63, 3.8) is 0 Å². The molecule has 1 N–H and O–H groups in total. The number of rotatable bonds is 3. The van der Waals surface area contributed by atoms with E-state index in [0.29, 0.717) is 5.92 Å². The van der Waals surface area contributed by atoms with E-state index in [9.17, 15) is 5.11 Å². The zero-order valence-electron chi connectivity index (χ0n) is 12.8. The van der Waals surface area contributed by atoms with Gasteiger partial charge in [-0.05, 0) is 50.0 Å². The minimum Gasteiger partial charge on any atom is -0.392 e. The van der Waals surface area contributed by atoms with Gasteiger partial charge in [-0.15, -0.1) is 0 Å². The summed E-state index contributed by atoms with van der Waals surface area (Å²) in [5, 5.41) is 11.1. The Bertz CT molecular complexity index is 486. The van der Waals surface area contributed by atoms with Crippen molar-refractivity contribution in [2.75, 3.05) is 6.61 Å². The van der Waals surface area contributed by atoms with Gasteiger partial charge in [0.25, 0.3) is 0 Å². The normalized spacial score (nSPS) is 31.2. The van der Waals surface area contributed by atoms with Gasteiger partial charge in [0.1, 0.15) is 0 Å². The molecule has 2 atom stereocenters. The van der Waals surface area contributed by atoms with Crippen LogP contribution in [0.3, 0.4) is 0 Å². The molecule has 1 heterocycles. The van der Waals surface area contributed by atoms with E-state index in [1.807, 2.05) is 0 Å². The van der Waals surface area contributed by atoms with E-state index in [2.05, 4.69) is 30.3 Å². The second kappa shape index (κ2) is 5.10. The third-order valence-electron chi connectivity index (χ3n) is 6.20. The molecule has 3 fully saturated rings. The number of benzene rings is 1. The first kappa shape index (κ1) is 13.8. The lowest BCUT2D eigenvalue weighted by Gasteiger charge is -2.42. The highest BCUT2D eigenvalue weighted by Crippen LogP contribution is 2.55. The topological polar surface area (TPSA) is 29.5 Å². The second-order valence-electron chi connectivity index (χ2n) is 7.46. The largest absolute Gasteiger partial charge is 0.392 e. The fourth-order valence-corrected chi connectivity index (χ4v) is 4.81. The van der Waals surface area contributed by atoms with Crippen molar-refractivity contribution in [2.24, 2.45) is 5.92 Å². The number of aliphatic hydroxyl groups excluding tert-OH is 1. The maximum Gasteiger partial charge on any atom is 0.0686 e. The van der Waals surface area contributed by atoms with E-state index in [4.69, 9.17) is 4.74 Å². The van der Waals surface area contributed by atoms with Crippen LogP contribution in [0.15, 0.2) is 30.3 Å². The minimum atomic E-state index is -0.193. The van der Waals surface area contributed by atoms with E-state index in [1.54, 1.807) is 0 Å². The summed E-state index contributed by atoms with van der Waals surface area (Å²) in [4.78, 5) is 0. The summed E-state index contributed by atoms with van der Waals surface area (Å²) in [7, 11) is 0. The summed E-state index contributed by atoms with van der Waals surface area (Å²) in [5.74, 6) is 0.416. The minimum absolute atomic E-state index is 0.0447. The third-order valence-corrected chi connectivity index (χ3v) is 6.20. The number of aliphatic hydroxyl groups is 1. The summed E-state index contributed by atoms with van der Waals surface area (Å²) < 4.78 is 6.13. The summed E-state index contributed by atoms with van der Waals surface area (Å²) >= 11 is 0. The van der Waals surface area contributed by atoms with Gasteiger partial charge in [-0.25, -0.2) is 0 Å². The van der Waals surface area contributed by atoms with Gasteiger partial charge in [0.2, 0.25) is 0 Å². The quantitative estimate of drug-likeness (QED) is 0.915. The van der Waals surface area contributed by atoms with Gasteiger partial charge in [-0.3, -0.25) is 0 Å². The summed E-state index contributed by atoms with van der Waals surface area (Å²) in [5.41, 5.74) is 1.49. The molecule has 1 aliphatic heterocycles. The molecule has 1 aromatic carbocycles. The summed E-state index contributed by atoms with van der Waals surface area (Å²) in [6.07, 6.45) is 9.19. The van der Waals surface area contributed by atoms with Crippen LogP contribution in [0.5, 0.6) is 0 Å². The van der Waals surface area contributed by atoms with Crippen molar-refractivity contribution in [3.8, 4) is 0 Å². The molecule has 2 aliphatic carbocycles. The molecule has 0 bridgehead atoms. The van der Waals surface area contributed by atoms with Gasteiger partial charge in [0.15, 0.2) is 0 Å². The highest BCUT2D eigenvalue weighted by Gasteiger charge is 2.54. The van der Waals surface area contributed by atoms with E-state index in [1.165, 1.54) is 31.2 Å². The van der Waals surface area contributed by atoms with Crippen molar-refractivity contribution < 1.29 is 9.84 Å². The molecule has 1 saturated heterocycles. The zero-order valence-corrected chi connectivity index (χ0v) is 12.8. The molecule has 2 heteroatoms. The monoisotopic (exact) mass is 286 g/mol. The van der Waals surface area contributed by atoms with Crippen molar-refractivity contribution in [2.45, 2.75) is 68.5 Å². The average molecular weight is 286 g/mol. The van der Waals surface area contributed by atoms with Crippen molar-refractivity contribution in [1.29, 1.82) is 0 Å². The lowest BCUT2D eigenvalue weighted by molar-refractivity contribution is -0.117. The van der Waals surface area contributed by atoms with Gasteiger partial charge in [-0.1, -0.05) is 43.2 Å². The van der Waals surface area contributed by atoms with Gasteiger partial charge < -0.3 is 9.84 Å².